The lowest BCUT2D eigenvalue weighted by atomic mass is 9.81. The summed E-state index contributed by atoms with van der Waals surface area (Å²) in [5.41, 5.74) is 8.89. The van der Waals surface area contributed by atoms with Crippen molar-refractivity contribution >= 4 is 41.0 Å². The number of anilines is 2. The Morgan fingerprint density at radius 3 is 2.51 bits per heavy atom. The first-order valence-corrected chi connectivity index (χ1v) is 12.5. The maximum absolute atomic E-state index is 13.7. The number of halogens is 1. The third-order valence-electron chi connectivity index (χ3n) is 6.61. The summed E-state index contributed by atoms with van der Waals surface area (Å²) in [6.45, 7) is 3.74. The van der Waals surface area contributed by atoms with Crippen LogP contribution in [0.4, 0.5) is 16.3 Å². The molecule has 3 N–H and O–H groups in total. The van der Waals surface area contributed by atoms with Crippen molar-refractivity contribution in [2.75, 3.05) is 17.7 Å². The first kappa shape index (κ1) is 26.2. The zero-order valence-corrected chi connectivity index (χ0v) is 21.8. The van der Waals surface area contributed by atoms with Gasteiger partial charge in [0.15, 0.2) is 0 Å². The molecule has 1 aliphatic heterocycles. The fraction of sp³-hybridized carbons (Fsp3) is 0.286. The quantitative estimate of drug-likeness (QED) is 0.446. The van der Waals surface area contributed by atoms with Crippen LogP contribution in [0, 0.1) is 12.8 Å². The summed E-state index contributed by atoms with van der Waals surface area (Å²) >= 11 is 6.14. The minimum absolute atomic E-state index is 0.265. The van der Waals surface area contributed by atoms with E-state index < -0.39 is 23.9 Å². The minimum Gasteiger partial charge on any atom is -0.384 e. The number of pyridine rings is 1. The second-order valence-electron chi connectivity index (χ2n) is 9.20. The maximum atomic E-state index is 13.7. The Kier molecular flexibility index (Phi) is 7.78. The molecule has 0 saturated carbocycles. The molecule has 4 rings (SSSR count). The Balaban J connectivity index is 1.61. The molecule has 2 aromatic carbocycles. The average Bonchev–Trinajstić information content (AvgIpc) is 2.87. The number of likely N-dealkylation sites (N-methyl/N-ethyl adjacent to an activating group) is 1. The highest BCUT2D eigenvalue weighted by Crippen LogP contribution is 2.34. The number of β-lactam (4-membered cyclic amide) rings is 1. The molecule has 8 nitrogen and oxygen atoms in total. The summed E-state index contributed by atoms with van der Waals surface area (Å²) in [5, 5.41) is 3.47. The molecule has 1 saturated heterocycles. The van der Waals surface area contributed by atoms with Gasteiger partial charge in [0.2, 0.25) is 5.91 Å². The number of aromatic nitrogens is 1. The lowest BCUT2D eigenvalue weighted by Gasteiger charge is -2.46. The van der Waals surface area contributed by atoms with Gasteiger partial charge in [-0.25, -0.2) is 9.78 Å². The van der Waals surface area contributed by atoms with Crippen molar-refractivity contribution in [3.8, 4) is 0 Å². The molecule has 37 heavy (non-hydrogen) atoms. The van der Waals surface area contributed by atoms with E-state index in [2.05, 4.69) is 10.3 Å². The Morgan fingerprint density at radius 2 is 1.86 bits per heavy atom. The van der Waals surface area contributed by atoms with Gasteiger partial charge in [-0.3, -0.25) is 14.5 Å². The Bertz CT molecular complexity index is 1300. The molecule has 0 aliphatic carbocycles. The highest BCUT2D eigenvalue weighted by molar-refractivity contribution is 6.30. The van der Waals surface area contributed by atoms with Crippen LogP contribution < -0.4 is 16.0 Å². The Hall–Kier alpha value is -3.91. The predicted molar refractivity (Wildman–Crippen MR) is 144 cm³/mol. The lowest BCUT2D eigenvalue weighted by molar-refractivity contribution is -0.156. The van der Waals surface area contributed by atoms with Crippen LogP contribution in [-0.2, 0) is 16.0 Å². The number of nitrogens with zero attached hydrogens (tertiary/aromatic N) is 3. The third-order valence-corrected chi connectivity index (χ3v) is 6.84. The van der Waals surface area contributed by atoms with Crippen molar-refractivity contribution in [3.63, 3.8) is 0 Å². The largest absolute Gasteiger partial charge is 0.384 e. The lowest BCUT2D eigenvalue weighted by Crippen LogP contribution is -2.70. The summed E-state index contributed by atoms with van der Waals surface area (Å²) in [6, 6.07) is 17.9. The first-order valence-electron chi connectivity index (χ1n) is 12.1. The van der Waals surface area contributed by atoms with Crippen LogP contribution in [0.25, 0.3) is 0 Å². The van der Waals surface area contributed by atoms with Crippen molar-refractivity contribution in [2.45, 2.75) is 38.8 Å². The summed E-state index contributed by atoms with van der Waals surface area (Å²) in [4.78, 5) is 47.1. The number of hydrogen-bond acceptors (Lipinski definition) is 5. The number of imide groups is 1. The van der Waals surface area contributed by atoms with Gasteiger partial charge in [0.05, 0.1) is 12.0 Å². The van der Waals surface area contributed by atoms with Crippen LogP contribution in [0.3, 0.4) is 0 Å². The molecule has 1 unspecified atom stereocenters. The van der Waals surface area contributed by atoms with E-state index in [1.54, 1.807) is 43.4 Å². The highest BCUT2D eigenvalue weighted by atomic mass is 35.5. The highest BCUT2D eigenvalue weighted by Gasteiger charge is 2.55. The van der Waals surface area contributed by atoms with E-state index >= 15 is 0 Å². The van der Waals surface area contributed by atoms with Gasteiger partial charge in [-0.1, -0.05) is 48.9 Å². The molecule has 3 aromatic rings. The summed E-state index contributed by atoms with van der Waals surface area (Å²) in [7, 11) is 1.64. The van der Waals surface area contributed by atoms with Gasteiger partial charge in [0, 0.05) is 23.5 Å². The minimum atomic E-state index is -0.968. The summed E-state index contributed by atoms with van der Waals surface area (Å²) in [5.74, 6) is -1.13. The van der Waals surface area contributed by atoms with E-state index in [0.717, 1.165) is 16.0 Å². The SMILES string of the molecule is CC[C@@H](NC(=O)N1C(=O)C(Cc2cc(C)nc(N)c2)[C@H]1C(=O)N(C)c1ccccc1)c1cccc(Cl)c1. The normalized spacial score (nSPS) is 17.6. The van der Waals surface area contributed by atoms with Crippen molar-refractivity contribution in [1.29, 1.82) is 0 Å². The van der Waals surface area contributed by atoms with Gasteiger partial charge < -0.3 is 16.0 Å². The van der Waals surface area contributed by atoms with Crippen molar-refractivity contribution in [1.82, 2.24) is 15.2 Å². The fourth-order valence-electron chi connectivity index (χ4n) is 4.74. The number of aryl methyl sites for hydroxylation is 1. The van der Waals surface area contributed by atoms with E-state index in [1.165, 1.54) is 4.90 Å². The monoisotopic (exact) mass is 519 g/mol. The summed E-state index contributed by atoms with van der Waals surface area (Å²) < 4.78 is 0. The molecule has 9 heteroatoms. The number of hydrogen-bond donors (Lipinski definition) is 2. The third kappa shape index (κ3) is 5.59. The van der Waals surface area contributed by atoms with Gasteiger partial charge in [-0.15, -0.1) is 0 Å². The number of rotatable bonds is 7. The predicted octanol–water partition coefficient (Wildman–Crippen LogP) is 4.52. The number of benzene rings is 2. The first-order chi connectivity index (χ1) is 17.7. The standard InChI is InChI=1S/C28H30ClN5O3/c1-4-23(19-9-8-10-20(29)16-19)32-28(37)34-25(27(36)33(3)21-11-6-5-7-12-21)22(26(34)35)14-18-13-17(2)31-24(30)15-18/h5-13,15-16,22-23,25H,4,14H2,1-3H3,(H2,30,31)(H,32,37)/t22?,23-,25+/m1/s1. The van der Waals surface area contributed by atoms with Gasteiger partial charge in [0.1, 0.15) is 11.9 Å². The topological polar surface area (TPSA) is 109 Å². The average molecular weight is 520 g/mol. The number of para-hydroxylation sites is 1. The number of nitrogen functional groups attached to an aromatic ring is 1. The van der Waals surface area contributed by atoms with E-state index in [0.29, 0.717) is 28.6 Å². The molecule has 1 aliphatic rings. The van der Waals surface area contributed by atoms with Gasteiger partial charge in [-0.2, -0.15) is 0 Å². The second kappa shape index (κ2) is 11.0. The number of likely N-dealkylation sites (tertiary alicyclic amines) is 1. The van der Waals surface area contributed by atoms with Crippen LogP contribution in [0.15, 0.2) is 66.7 Å². The molecular formula is C28H30ClN5O3. The van der Waals surface area contributed by atoms with Crippen LogP contribution >= 0.6 is 11.6 Å². The molecule has 3 atom stereocenters. The number of urea groups is 1. The maximum Gasteiger partial charge on any atom is 0.325 e. The summed E-state index contributed by atoms with van der Waals surface area (Å²) in [6.07, 6.45) is 0.844. The number of nitrogens with two attached hydrogens (primary N) is 1. The zero-order chi connectivity index (χ0) is 26.7. The van der Waals surface area contributed by atoms with E-state index in [4.69, 9.17) is 17.3 Å². The molecule has 1 fully saturated rings. The molecular weight excluding hydrogens is 490 g/mol. The van der Waals surface area contributed by atoms with Crippen LogP contribution in [-0.4, -0.2) is 40.8 Å². The van der Waals surface area contributed by atoms with Gasteiger partial charge in [0.25, 0.3) is 5.91 Å². The number of carbonyl (C=O) groups excluding carboxylic acids is 3. The van der Waals surface area contributed by atoms with Gasteiger partial charge in [-0.05, 0) is 67.3 Å². The molecule has 1 aromatic heterocycles. The second-order valence-corrected chi connectivity index (χ2v) is 9.64. The zero-order valence-electron chi connectivity index (χ0n) is 21.0. The number of carbonyl (C=O) groups is 3. The Labute approximate surface area is 221 Å². The van der Waals surface area contributed by atoms with Gasteiger partial charge >= 0.3 is 6.03 Å². The Morgan fingerprint density at radius 1 is 1.14 bits per heavy atom. The molecule has 0 bridgehead atoms. The number of nitrogens with one attached hydrogen (secondary N) is 1. The van der Waals surface area contributed by atoms with E-state index in [9.17, 15) is 14.4 Å². The molecule has 2 heterocycles. The molecule has 0 radical (unpaired) electrons. The van der Waals surface area contributed by atoms with Crippen molar-refractivity contribution in [2.24, 2.45) is 5.92 Å². The van der Waals surface area contributed by atoms with Crippen LogP contribution in [0.5, 0.6) is 0 Å². The van der Waals surface area contributed by atoms with Crippen molar-refractivity contribution < 1.29 is 14.4 Å². The number of amides is 4. The molecule has 0 spiro atoms. The fourth-order valence-corrected chi connectivity index (χ4v) is 4.94. The van der Waals surface area contributed by atoms with E-state index in [-0.39, 0.29) is 18.4 Å². The molecule has 4 amide bonds. The van der Waals surface area contributed by atoms with Crippen LogP contribution in [0.1, 0.15) is 36.2 Å². The van der Waals surface area contributed by atoms with E-state index in [1.807, 2.05) is 44.2 Å². The smallest absolute Gasteiger partial charge is 0.325 e. The van der Waals surface area contributed by atoms with Crippen molar-refractivity contribution in [3.05, 3.63) is 88.6 Å². The van der Waals surface area contributed by atoms with Crippen LogP contribution in [0.2, 0.25) is 5.02 Å². The molecule has 192 valence electrons.